The van der Waals surface area contributed by atoms with Crippen molar-refractivity contribution >= 4 is 15.6 Å². The molecule has 0 aliphatic carbocycles. The van der Waals surface area contributed by atoms with Gasteiger partial charge in [0.15, 0.2) is 0 Å². The van der Waals surface area contributed by atoms with Gasteiger partial charge in [-0.25, -0.2) is 0 Å². The molecule has 0 N–H and O–H groups in total. The smallest absolute Gasteiger partial charge is 0.268 e. The molecule has 6 aliphatic rings. The molecule has 45 heavy (non-hydrogen) atoms. The van der Waals surface area contributed by atoms with E-state index in [2.05, 4.69) is 0 Å². The van der Waals surface area contributed by atoms with Crippen molar-refractivity contribution in [2.45, 2.75) is 132 Å². The van der Waals surface area contributed by atoms with Crippen LogP contribution < -0.4 is 9.79 Å². The van der Waals surface area contributed by atoms with E-state index >= 15 is 0 Å². The van der Waals surface area contributed by atoms with E-state index in [1.165, 1.54) is 0 Å². The van der Waals surface area contributed by atoms with Gasteiger partial charge in [-0.15, -0.1) is 0 Å². The first-order chi connectivity index (χ1) is 21.0. The Hall–Kier alpha value is -0.100. The minimum absolute atomic E-state index is 0.0628. The normalized spacial score (nSPS) is 47.8. The average Bonchev–Trinajstić information content (AvgIpc) is 3.73. The van der Waals surface area contributed by atoms with Gasteiger partial charge in [0.25, 0.3) is 15.6 Å². The molecule has 0 radical (unpaired) electrons. The number of phosphoric ester groups is 2. The van der Waals surface area contributed by atoms with Crippen LogP contribution >= 0.6 is 15.6 Å². The van der Waals surface area contributed by atoms with Gasteiger partial charge in [-0.1, -0.05) is 0 Å². The highest BCUT2D eigenvalue weighted by molar-refractivity contribution is 7.46. The maximum atomic E-state index is 13.2. The molecule has 6 aliphatic heterocycles. The Kier molecular flexibility index (Phi) is 9.53. The Balaban J connectivity index is 1.10. The lowest BCUT2D eigenvalue weighted by molar-refractivity contribution is -0.247. The summed E-state index contributed by atoms with van der Waals surface area (Å²) in [5.41, 5.74) is -3.84. The van der Waals surface area contributed by atoms with Crippen molar-refractivity contribution in [1.29, 1.82) is 0 Å². The first-order valence-electron chi connectivity index (χ1n) is 15.4. The van der Waals surface area contributed by atoms with Crippen LogP contribution in [-0.2, 0) is 65.1 Å². The summed E-state index contributed by atoms with van der Waals surface area (Å²) in [6.07, 6.45) is -6.30. The molecule has 0 aromatic rings. The molecule has 0 aromatic carbocycles. The molecule has 14 atom stereocenters. The summed E-state index contributed by atoms with van der Waals surface area (Å²) in [7, 11) is -10.0. The van der Waals surface area contributed by atoms with Crippen LogP contribution in [0.3, 0.4) is 0 Å². The van der Waals surface area contributed by atoms with Crippen molar-refractivity contribution in [3.8, 4) is 0 Å². The highest BCUT2D eigenvalue weighted by Gasteiger charge is 2.65. The SMILES string of the molecule is CC(C)OCC12CO[C@@H](C(C)O1)[C@@H]2OP(=O)([O-])OCC12CO[C@@H](C(C)O1)[C@@H]2OP(=O)([O-])OCC12CO[C@@H](C(C)O1)[C@@H]2OC(C)C. The van der Waals surface area contributed by atoms with Gasteiger partial charge >= 0.3 is 0 Å². The van der Waals surface area contributed by atoms with Gasteiger partial charge in [0, 0.05) is 0 Å². The van der Waals surface area contributed by atoms with E-state index in [1.54, 1.807) is 13.8 Å². The molecule has 6 rings (SSSR count). The van der Waals surface area contributed by atoms with Crippen molar-refractivity contribution in [1.82, 2.24) is 0 Å². The fourth-order valence-electron chi connectivity index (χ4n) is 7.18. The summed E-state index contributed by atoms with van der Waals surface area (Å²) in [5, 5.41) is 0. The second kappa shape index (κ2) is 12.3. The molecule has 0 saturated carbocycles. The summed E-state index contributed by atoms with van der Waals surface area (Å²) < 4.78 is 95.2. The van der Waals surface area contributed by atoms with E-state index in [9.17, 15) is 18.9 Å². The second-order valence-corrected chi connectivity index (χ2v) is 16.2. The molecular weight excluding hydrogens is 642 g/mol. The van der Waals surface area contributed by atoms with E-state index in [4.69, 9.17) is 56.0 Å². The van der Waals surface area contributed by atoms with Crippen molar-refractivity contribution in [3.05, 3.63) is 0 Å². The largest absolute Gasteiger partial charge is 0.756 e. The van der Waals surface area contributed by atoms with Gasteiger partial charge in [-0.05, 0) is 48.5 Å². The Morgan fingerprint density at radius 3 is 1.40 bits per heavy atom. The third kappa shape index (κ3) is 6.50. The third-order valence-corrected chi connectivity index (χ3v) is 11.0. The Bertz CT molecular complexity index is 1190. The molecular formula is C27H44O16P2-2. The van der Waals surface area contributed by atoms with Crippen molar-refractivity contribution < 1.29 is 74.9 Å². The number of hydrogen-bond donors (Lipinski definition) is 0. The standard InChI is InChI=1S/C27H46O16P2/c1-14(2)32-8-25-9-34-20(17(6)39-25)23(25)42-45(30,31)37-13-27-11-35-21(18(7)41-27)24(27)43-44(28,29)36-12-26-10-33-19(16(5)40-26)22(26)38-15(3)4/h14-24H,8-13H2,1-7H3,(H,28,29)(H,30,31)/p-2/t16?,17?,18?,19-,20-,21-,22-,23-,24-,25?,26?,27?/m0/s1. The number of ether oxygens (including phenoxy) is 8. The number of hydrogen-bond acceptors (Lipinski definition) is 16. The fourth-order valence-corrected chi connectivity index (χ4v) is 9.24. The number of phosphoric acid groups is 2. The van der Waals surface area contributed by atoms with Crippen molar-refractivity contribution in [2.75, 3.05) is 39.6 Å². The molecule has 0 spiro atoms. The molecule has 16 nitrogen and oxygen atoms in total. The zero-order valence-electron chi connectivity index (χ0n) is 26.5. The monoisotopic (exact) mass is 686 g/mol. The third-order valence-electron chi connectivity index (χ3n) is 9.16. The van der Waals surface area contributed by atoms with Crippen LogP contribution in [0.15, 0.2) is 0 Å². The Morgan fingerprint density at radius 2 is 1.02 bits per heavy atom. The quantitative estimate of drug-likeness (QED) is 0.218. The second-order valence-electron chi connectivity index (χ2n) is 13.4. The molecule has 6 heterocycles. The van der Waals surface area contributed by atoms with Crippen molar-refractivity contribution in [3.63, 3.8) is 0 Å². The van der Waals surface area contributed by atoms with Gasteiger partial charge in [-0.3, -0.25) is 9.13 Å². The highest BCUT2D eigenvalue weighted by atomic mass is 31.2. The minimum Gasteiger partial charge on any atom is -0.756 e. The van der Waals surface area contributed by atoms with E-state index < -0.39 is 88.4 Å². The summed E-state index contributed by atoms with van der Waals surface area (Å²) in [5.74, 6) is 0. The topological polar surface area (TPSA) is 191 Å². The highest BCUT2D eigenvalue weighted by Crippen LogP contribution is 2.55. The average molecular weight is 687 g/mol. The van der Waals surface area contributed by atoms with E-state index in [0.717, 1.165) is 0 Å². The van der Waals surface area contributed by atoms with Crippen LogP contribution in [0.5, 0.6) is 0 Å². The molecule has 6 fully saturated rings. The van der Waals surface area contributed by atoms with Gasteiger partial charge < -0.3 is 65.8 Å². The number of rotatable bonds is 15. The van der Waals surface area contributed by atoms with Gasteiger partial charge in [0.2, 0.25) is 0 Å². The molecule has 18 heteroatoms. The molecule has 6 bridgehead atoms. The maximum Gasteiger partial charge on any atom is 0.268 e. The Morgan fingerprint density at radius 1 is 0.644 bits per heavy atom. The summed E-state index contributed by atoms with van der Waals surface area (Å²) in [6, 6.07) is 0. The van der Waals surface area contributed by atoms with Crippen LogP contribution in [0, 0.1) is 0 Å². The minimum atomic E-state index is -5.03. The lowest BCUT2D eigenvalue weighted by Crippen LogP contribution is -2.49. The zero-order chi connectivity index (χ0) is 32.6. The molecule has 0 aromatic heterocycles. The van der Waals surface area contributed by atoms with Crippen LogP contribution in [0.1, 0.15) is 48.5 Å². The van der Waals surface area contributed by atoms with Crippen LogP contribution in [0.2, 0.25) is 0 Å². The molecule has 0 amide bonds. The van der Waals surface area contributed by atoms with E-state index in [1.807, 2.05) is 34.6 Å². The zero-order valence-corrected chi connectivity index (χ0v) is 28.3. The first kappa shape index (κ1) is 34.8. The molecule has 260 valence electrons. The lowest BCUT2D eigenvalue weighted by Gasteiger charge is -2.37. The fraction of sp³-hybridized carbons (Fsp3) is 1.00. The number of fused-ring (bicyclic) bond motifs is 6. The summed E-state index contributed by atoms with van der Waals surface area (Å²) >= 11 is 0. The maximum absolute atomic E-state index is 13.2. The van der Waals surface area contributed by atoms with Crippen LogP contribution in [-0.4, -0.2) is 124 Å². The van der Waals surface area contributed by atoms with Gasteiger partial charge in [0.1, 0.15) is 53.4 Å². The molecule has 8 unspecified atom stereocenters. The van der Waals surface area contributed by atoms with Gasteiger partial charge in [-0.2, -0.15) is 0 Å². The van der Waals surface area contributed by atoms with Crippen molar-refractivity contribution in [2.24, 2.45) is 0 Å². The lowest BCUT2D eigenvalue weighted by atomic mass is 9.99. The van der Waals surface area contributed by atoms with Crippen LogP contribution in [0.25, 0.3) is 0 Å². The first-order valence-corrected chi connectivity index (χ1v) is 18.3. The van der Waals surface area contributed by atoms with E-state index in [-0.39, 0.29) is 50.8 Å². The van der Waals surface area contributed by atoms with Crippen LogP contribution in [0.4, 0.5) is 0 Å². The molecule has 6 saturated heterocycles. The van der Waals surface area contributed by atoms with Gasteiger partial charge in [0.05, 0.1) is 70.2 Å². The van der Waals surface area contributed by atoms with E-state index in [0.29, 0.717) is 0 Å². The summed E-state index contributed by atoms with van der Waals surface area (Å²) in [6.45, 7) is 11.7. The summed E-state index contributed by atoms with van der Waals surface area (Å²) in [4.78, 5) is 26.4. The predicted molar refractivity (Wildman–Crippen MR) is 147 cm³/mol. The Labute approximate surface area is 262 Å². The predicted octanol–water partition coefficient (Wildman–Crippen LogP) is 0.614.